The van der Waals surface area contributed by atoms with Gasteiger partial charge in [0.25, 0.3) is 5.91 Å². The van der Waals surface area contributed by atoms with Crippen molar-refractivity contribution in [2.24, 2.45) is 5.73 Å². The molecule has 0 radical (unpaired) electrons. The normalized spacial score (nSPS) is 12.1. The Morgan fingerprint density at radius 2 is 1.25 bits per heavy atom. The fraction of sp³-hybridized carbons (Fsp3) is 0.229. The van der Waals surface area contributed by atoms with E-state index in [1.165, 1.54) is 24.3 Å². The Balaban J connectivity index is 1.49. The van der Waals surface area contributed by atoms with E-state index in [0.717, 1.165) is 11.1 Å². The van der Waals surface area contributed by atoms with Gasteiger partial charge in [0.1, 0.15) is 11.6 Å². The van der Waals surface area contributed by atoms with E-state index in [1.807, 2.05) is 37.3 Å². The molecule has 0 bridgehead atoms. The largest absolute Gasteiger partial charge is 0.494 e. The van der Waals surface area contributed by atoms with Crippen LogP contribution in [-0.4, -0.2) is 37.4 Å². The highest BCUT2D eigenvalue weighted by Crippen LogP contribution is 2.22. The molecule has 0 aromatic heterocycles. The van der Waals surface area contributed by atoms with Crippen LogP contribution in [0.3, 0.4) is 0 Å². The van der Waals surface area contributed by atoms with Crippen molar-refractivity contribution < 1.29 is 23.5 Å². The van der Waals surface area contributed by atoms with E-state index in [1.54, 1.807) is 48.5 Å². The SMILES string of the molecule is CCOc1ccc([C@@H](CNC(=O)c2ccccc2)C(=O)NC[C@H](C(=O)NCc2ccc(CN)cc2)c2ccc(F)cc2)cc1. The smallest absolute Gasteiger partial charge is 0.251 e. The molecule has 228 valence electrons. The number of carbonyl (C=O) groups excluding carboxylic acids is 3. The van der Waals surface area contributed by atoms with Crippen molar-refractivity contribution in [1.82, 2.24) is 16.0 Å². The highest BCUT2D eigenvalue weighted by Gasteiger charge is 2.26. The number of ether oxygens (including phenoxy) is 1. The third-order valence-corrected chi connectivity index (χ3v) is 7.21. The van der Waals surface area contributed by atoms with Crippen LogP contribution in [0.15, 0.2) is 103 Å². The zero-order valence-electron chi connectivity index (χ0n) is 24.6. The highest BCUT2D eigenvalue weighted by atomic mass is 19.1. The number of rotatable bonds is 14. The lowest BCUT2D eigenvalue weighted by Crippen LogP contribution is -2.41. The molecule has 0 aliphatic rings. The van der Waals surface area contributed by atoms with E-state index in [4.69, 9.17) is 10.5 Å². The Labute approximate surface area is 256 Å². The van der Waals surface area contributed by atoms with Crippen molar-refractivity contribution in [2.45, 2.75) is 31.8 Å². The number of hydrogen-bond donors (Lipinski definition) is 4. The second-order valence-corrected chi connectivity index (χ2v) is 10.2. The summed E-state index contributed by atoms with van der Waals surface area (Å²) in [6.45, 7) is 3.07. The van der Waals surface area contributed by atoms with Crippen LogP contribution in [0, 0.1) is 5.82 Å². The third kappa shape index (κ3) is 8.99. The molecule has 0 fully saturated rings. The first-order valence-electron chi connectivity index (χ1n) is 14.5. The average molecular weight is 597 g/mol. The maximum atomic E-state index is 13.7. The lowest BCUT2D eigenvalue weighted by Gasteiger charge is -2.22. The van der Waals surface area contributed by atoms with Gasteiger partial charge in [-0.1, -0.05) is 66.7 Å². The van der Waals surface area contributed by atoms with Gasteiger partial charge >= 0.3 is 0 Å². The molecule has 4 aromatic carbocycles. The van der Waals surface area contributed by atoms with Crippen LogP contribution in [0.4, 0.5) is 4.39 Å². The second-order valence-electron chi connectivity index (χ2n) is 10.2. The topological polar surface area (TPSA) is 123 Å². The zero-order chi connectivity index (χ0) is 31.3. The highest BCUT2D eigenvalue weighted by molar-refractivity contribution is 5.95. The molecule has 3 amide bonds. The maximum absolute atomic E-state index is 13.7. The molecule has 2 atom stereocenters. The average Bonchev–Trinajstić information content (AvgIpc) is 3.06. The standard InChI is InChI=1S/C35H37FN4O4/c1-2-44-30-18-14-27(15-19-30)31(22-39-33(41)28-6-4-3-5-7-28)35(43)40-23-32(26-12-16-29(36)17-13-26)34(42)38-21-25-10-8-24(20-37)9-11-25/h3-19,31-32H,2,20-23,37H2,1H3,(H,38,42)(H,39,41)(H,40,43)/t31-,32+/m1/s1. The molecule has 4 aromatic rings. The first kappa shape index (κ1) is 31.9. The summed E-state index contributed by atoms with van der Waals surface area (Å²) in [4.78, 5) is 39.8. The van der Waals surface area contributed by atoms with Gasteiger partial charge in [-0.3, -0.25) is 14.4 Å². The maximum Gasteiger partial charge on any atom is 0.251 e. The van der Waals surface area contributed by atoms with E-state index in [9.17, 15) is 18.8 Å². The first-order valence-corrected chi connectivity index (χ1v) is 14.5. The van der Waals surface area contributed by atoms with Crippen molar-refractivity contribution in [3.63, 3.8) is 0 Å². The summed E-state index contributed by atoms with van der Waals surface area (Å²) < 4.78 is 19.3. The van der Waals surface area contributed by atoms with Gasteiger partial charge < -0.3 is 26.4 Å². The quantitative estimate of drug-likeness (QED) is 0.172. The van der Waals surface area contributed by atoms with Gasteiger partial charge in [-0.05, 0) is 65.6 Å². The minimum atomic E-state index is -0.789. The van der Waals surface area contributed by atoms with E-state index < -0.39 is 17.7 Å². The Morgan fingerprint density at radius 1 is 0.705 bits per heavy atom. The number of benzene rings is 4. The molecule has 0 spiro atoms. The number of nitrogens with two attached hydrogens (primary N) is 1. The first-order chi connectivity index (χ1) is 21.4. The molecule has 0 saturated carbocycles. The summed E-state index contributed by atoms with van der Waals surface area (Å²) in [7, 11) is 0. The van der Waals surface area contributed by atoms with Crippen LogP contribution in [-0.2, 0) is 22.7 Å². The molecule has 0 heterocycles. The van der Waals surface area contributed by atoms with Crippen LogP contribution in [0.1, 0.15) is 51.4 Å². The Hall–Kier alpha value is -5.02. The predicted molar refractivity (Wildman–Crippen MR) is 167 cm³/mol. The molecule has 0 unspecified atom stereocenters. The van der Waals surface area contributed by atoms with Crippen LogP contribution in [0.25, 0.3) is 0 Å². The predicted octanol–water partition coefficient (Wildman–Crippen LogP) is 4.41. The fourth-order valence-electron chi connectivity index (χ4n) is 4.70. The van der Waals surface area contributed by atoms with Crippen molar-refractivity contribution in [1.29, 1.82) is 0 Å². The summed E-state index contributed by atoms with van der Waals surface area (Å²) in [6.07, 6.45) is 0. The Morgan fingerprint density at radius 3 is 1.84 bits per heavy atom. The minimum absolute atomic E-state index is 0.0275. The number of nitrogens with one attached hydrogen (secondary N) is 3. The van der Waals surface area contributed by atoms with Gasteiger partial charge in [0, 0.05) is 31.7 Å². The second kappa shape index (κ2) is 16.0. The molecule has 8 nitrogen and oxygen atoms in total. The zero-order valence-corrected chi connectivity index (χ0v) is 24.6. The van der Waals surface area contributed by atoms with Crippen LogP contribution >= 0.6 is 0 Å². The van der Waals surface area contributed by atoms with Crippen LogP contribution in [0.5, 0.6) is 5.75 Å². The summed E-state index contributed by atoms with van der Waals surface area (Å²) in [6, 6.07) is 29.1. The lowest BCUT2D eigenvalue weighted by molar-refractivity contribution is -0.124. The molecule has 44 heavy (non-hydrogen) atoms. The third-order valence-electron chi connectivity index (χ3n) is 7.21. The molecule has 0 aliphatic heterocycles. The van der Waals surface area contributed by atoms with Crippen molar-refractivity contribution in [3.05, 3.63) is 137 Å². The number of amides is 3. The van der Waals surface area contributed by atoms with Gasteiger partial charge in [-0.25, -0.2) is 4.39 Å². The minimum Gasteiger partial charge on any atom is -0.494 e. The molecule has 0 aliphatic carbocycles. The van der Waals surface area contributed by atoms with E-state index in [0.29, 0.717) is 35.6 Å². The number of carbonyl (C=O) groups is 3. The van der Waals surface area contributed by atoms with Crippen LogP contribution in [0.2, 0.25) is 0 Å². The van der Waals surface area contributed by atoms with Gasteiger partial charge in [-0.15, -0.1) is 0 Å². The molecular weight excluding hydrogens is 559 g/mol. The summed E-state index contributed by atoms with van der Waals surface area (Å²) in [5.41, 5.74) is 9.25. The molecule has 0 saturated heterocycles. The van der Waals surface area contributed by atoms with Gasteiger partial charge in [0.05, 0.1) is 18.4 Å². The lowest BCUT2D eigenvalue weighted by atomic mass is 9.95. The van der Waals surface area contributed by atoms with E-state index in [-0.39, 0.29) is 37.4 Å². The summed E-state index contributed by atoms with van der Waals surface area (Å²) in [5, 5.41) is 8.68. The number of halogens is 1. The molecule has 4 rings (SSSR count). The molecule has 9 heteroatoms. The van der Waals surface area contributed by atoms with Crippen molar-refractivity contribution >= 4 is 17.7 Å². The van der Waals surface area contributed by atoms with Crippen LogP contribution < -0.4 is 26.4 Å². The van der Waals surface area contributed by atoms with Gasteiger partial charge in [-0.2, -0.15) is 0 Å². The number of hydrogen-bond acceptors (Lipinski definition) is 5. The molecular formula is C35H37FN4O4. The van der Waals surface area contributed by atoms with Gasteiger partial charge in [0.15, 0.2) is 0 Å². The summed E-state index contributed by atoms with van der Waals surface area (Å²) in [5.74, 6) is -2.32. The van der Waals surface area contributed by atoms with Gasteiger partial charge in [0.2, 0.25) is 11.8 Å². The monoisotopic (exact) mass is 596 g/mol. The van der Waals surface area contributed by atoms with Crippen molar-refractivity contribution in [2.75, 3.05) is 19.7 Å². The fourth-order valence-corrected chi connectivity index (χ4v) is 4.70. The Bertz CT molecular complexity index is 1510. The van der Waals surface area contributed by atoms with Crippen molar-refractivity contribution in [3.8, 4) is 5.75 Å². The van der Waals surface area contributed by atoms with E-state index >= 15 is 0 Å². The molecule has 5 N–H and O–H groups in total. The Kier molecular flexibility index (Phi) is 11.6. The van der Waals surface area contributed by atoms with E-state index in [2.05, 4.69) is 16.0 Å². The summed E-state index contributed by atoms with van der Waals surface area (Å²) >= 11 is 0.